The lowest BCUT2D eigenvalue weighted by Gasteiger charge is -2.32. The normalized spacial score (nSPS) is 15.6. The highest BCUT2D eigenvalue weighted by Crippen LogP contribution is 2.31. The summed E-state index contributed by atoms with van der Waals surface area (Å²) in [5.41, 5.74) is 4.29. The van der Waals surface area contributed by atoms with Gasteiger partial charge in [-0.15, -0.1) is 11.3 Å². The summed E-state index contributed by atoms with van der Waals surface area (Å²) in [5, 5.41) is 0.652. The molecular formula is C25H30N2O3S2. The number of nitrogens with zero attached hydrogens (tertiary/aromatic N) is 2. The fourth-order valence-electron chi connectivity index (χ4n) is 4.08. The van der Waals surface area contributed by atoms with Crippen molar-refractivity contribution in [3.63, 3.8) is 0 Å². The van der Waals surface area contributed by atoms with Crippen LogP contribution in [0.2, 0.25) is 0 Å². The quantitative estimate of drug-likeness (QED) is 0.515. The van der Waals surface area contributed by atoms with Crippen LogP contribution in [0.5, 0.6) is 0 Å². The fraction of sp³-hybridized carbons (Fsp3) is 0.440. The van der Waals surface area contributed by atoms with Gasteiger partial charge in [0.05, 0.1) is 27.6 Å². The van der Waals surface area contributed by atoms with Gasteiger partial charge < -0.3 is 4.90 Å². The maximum Gasteiger partial charge on any atom is 0.226 e. The number of hydrogen-bond acceptors (Lipinski definition) is 5. The molecule has 0 N–H and O–H groups in total. The first-order chi connectivity index (χ1) is 15.2. The summed E-state index contributed by atoms with van der Waals surface area (Å²) in [6.07, 6.45) is 1.88. The largest absolute Gasteiger partial charge is 0.342 e. The number of aromatic nitrogens is 1. The Labute approximate surface area is 194 Å². The van der Waals surface area contributed by atoms with Gasteiger partial charge in [0, 0.05) is 18.7 Å². The molecule has 1 aromatic heterocycles. The third-order valence-electron chi connectivity index (χ3n) is 6.25. The molecule has 0 saturated carbocycles. The van der Waals surface area contributed by atoms with E-state index in [1.165, 1.54) is 10.3 Å². The molecule has 32 heavy (non-hydrogen) atoms. The number of carbonyl (C=O) groups excluding carboxylic acids is 1. The molecule has 0 radical (unpaired) electrons. The summed E-state index contributed by atoms with van der Waals surface area (Å²) >= 11 is 1.68. The molecule has 0 aliphatic carbocycles. The summed E-state index contributed by atoms with van der Waals surface area (Å²) < 4.78 is 25.5. The number of fused-ring (bicyclic) bond motifs is 1. The highest BCUT2D eigenvalue weighted by molar-refractivity contribution is 7.91. The third kappa shape index (κ3) is 5.21. The Morgan fingerprint density at radius 1 is 1.12 bits per heavy atom. The number of thiazole rings is 1. The maximum absolute atomic E-state index is 12.8. The van der Waals surface area contributed by atoms with Gasteiger partial charge in [0.2, 0.25) is 5.91 Å². The Hall–Kier alpha value is -2.25. The minimum absolute atomic E-state index is 0.110. The summed E-state index contributed by atoms with van der Waals surface area (Å²) in [6.45, 7) is 6.83. The number of hydrogen-bond donors (Lipinski definition) is 0. The summed E-state index contributed by atoms with van der Waals surface area (Å²) in [4.78, 5) is 19.4. The SMILES string of the molecule is Cc1ccc2nc(-c3ccc(CC(=O)N4CCC(CS(=O)(=O)C(C)C)CC4)cc3)sc2c1. The van der Waals surface area contributed by atoms with Crippen LogP contribution < -0.4 is 0 Å². The van der Waals surface area contributed by atoms with Gasteiger partial charge in [-0.1, -0.05) is 30.3 Å². The zero-order valence-electron chi connectivity index (χ0n) is 18.9. The second-order valence-electron chi connectivity index (χ2n) is 9.07. The third-order valence-corrected chi connectivity index (χ3v) is 9.69. The molecule has 0 atom stereocenters. The van der Waals surface area contributed by atoms with Crippen molar-refractivity contribution in [2.45, 2.75) is 45.3 Å². The van der Waals surface area contributed by atoms with Crippen molar-refractivity contribution in [2.75, 3.05) is 18.8 Å². The van der Waals surface area contributed by atoms with Gasteiger partial charge in [-0.05, 0) is 62.8 Å². The van der Waals surface area contributed by atoms with Crippen LogP contribution in [-0.4, -0.2) is 48.3 Å². The Bertz CT molecular complexity index is 1210. The molecule has 5 nitrogen and oxygen atoms in total. The van der Waals surface area contributed by atoms with Crippen LogP contribution in [0.4, 0.5) is 0 Å². The molecule has 1 saturated heterocycles. The zero-order valence-corrected chi connectivity index (χ0v) is 20.5. The topological polar surface area (TPSA) is 67.3 Å². The fourth-order valence-corrected chi connectivity index (χ4v) is 6.52. The Balaban J connectivity index is 1.34. The molecular weight excluding hydrogens is 440 g/mol. The van der Waals surface area contributed by atoms with Gasteiger partial charge in [-0.25, -0.2) is 13.4 Å². The molecule has 0 bridgehead atoms. The van der Waals surface area contributed by atoms with E-state index >= 15 is 0 Å². The molecule has 0 spiro atoms. The molecule has 4 rings (SSSR count). The standard InChI is InChI=1S/C25H30N2O3S2/c1-17(2)32(29,30)16-20-10-12-27(13-11-20)24(28)15-19-5-7-21(8-6-19)25-26-22-9-4-18(3)14-23(22)31-25/h4-9,14,17,20H,10-13,15-16H2,1-3H3. The zero-order chi connectivity index (χ0) is 22.9. The molecule has 1 amide bonds. The van der Waals surface area contributed by atoms with Crippen LogP contribution in [0, 0.1) is 12.8 Å². The maximum atomic E-state index is 12.8. The lowest BCUT2D eigenvalue weighted by molar-refractivity contribution is -0.131. The molecule has 3 aromatic rings. The van der Waals surface area contributed by atoms with Crippen molar-refractivity contribution in [3.05, 3.63) is 53.6 Å². The molecule has 0 unspecified atom stereocenters. The Kier molecular flexibility index (Phi) is 6.67. The van der Waals surface area contributed by atoms with Gasteiger partial charge in [0.1, 0.15) is 5.01 Å². The van der Waals surface area contributed by atoms with Gasteiger partial charge in [0.25, 0.3) is 0 Å². The van der Waals surface area contributed by atoms with Crippen LogP contribution in [0.25, 0.3) is 20.8 Å². The van der Waals surface area contributed by atoms with Crippen LogP contribution in [0.15, 0.2) is 42.5 Å². The molecule has 2 aromatic carbocycles. The van der Waals surface area contributed by atoms with Gasteiger partial charge in [0.15, 0.2) is 9.84 Å². The first-order valence-electron chi connectivity index (χ1n) is 11.2. The highest BCUT2D eigenvalue weighted by Gasteiger charge is 2.28. The average Bonchev–Trinajstić information content (AvgIpc) is 3.17. The monoisotopic (exact) mass is 470 g/mol. The highest BCUT2D eigenvalue weighted by atomic mass is 32.2. The summed E-state index contributed by atoms with van der Waals surface area (Å²) in [6, 6.07) is 14.4. The second-order valence-corrected chi connectivity index (χ2v) is 12.7. The molecule has 7 heteroatoms. The minimum Gasteiger partial charge on any atom is -0.342 e. The van der Waals surface area contributed by atoms with E-state index in [9.17, 15) is 13.2 Å². The van der Waals surface area contributed by atoms with Crippen LogP contribution in [0.1, 0.15) is 37.8 Å². The predicted molar refractivity (Wildman–Crippen MR) is 132 cm³/mol. The number of carbonyl (C=O) groups is 1. The van der Waals surface area contributed by atoms with Crippen LogP contribution in [-0.2, 0) is 21.1 Å². The molecule has 170 valence electrons. The minimum atomic E-state index is -3.03. The van der Waals surface area contributed by atoms with E-state index in [1.54, 1.807) is 25.2 Å². The number of amides is 1. The Morgan fingerprint density at radius 3 is 2.47 bits per heavy atom. The van der Waals surface area contributed by atoms with E-state index in [1.807, 2.05) is 29.2 Å². The van der Waals surface area contributed by atoms with Crippen molar-refractivity contribution < 1.29 is 13.2 Å². The van der Waals surface area contributed by atoms with Crippen molar-refractivity contribution in [3.8, 4) is 10.6 Å². The van der Waals surface area contributed by atoms with Gasteiger partial charge in [-0.3, -0.25) is 4.79 Å². The molecule has 1 aliphatic rings. The number of sulfone groups is 1. The van der Waals surface area contributed by atoms with Crippen molar-refractivity contribution in [2.24, 2.45) is 5.92 Å². The van der Waals surface area contributed by atoms with E-state index < -0.39 is 9.84 Å². The number of piperidine rings is 1. The average molecular weight is 471 g/mol. The number of rotatable bonds is 6. The van der Waals surface area contributed by atoms with Crippen molar-refractivity contribution in [1.82, 2.24) is 9.88 Å². The van der Waals surface area contributed by atoms with Crippen molar-refractivity contribution in [1.29, 1.82) is 0 Å². The van der Waals surface area contributed by atoms with Gasteiger partial charge >= 0.3 is 0 Å². The summed E-state index contributed by atoms with van der Waals surface area (Å²) in [5.74, 6) is 0.501. The number of benzene rings is 2. The predicted octanol–water partition coefficient (Wildman–Crippen LogP) is 4.88. The second kappa shape index (κ2) is 9.32. The van der Waals surface area contributed by atoms with E-state index in [0.29, 0.717) is 19.5 Å². The molecule has 1 fully saturated rings. The lowest BCUT2D eigenvalue weighted by atomic mass is 9.98. The van der Waals surface area contributed by atoms with Gasteiger partial charge in [-0.2, -0.15) is 0 Å². The first kappa shape index (κ1) is 22.9. The van der Waals surface area contributed by atoms with Crippen molar-refractivity contribution >= 4 is 37.3 Å². The smallest absolute Gasteiger partial charge is 0.226 e. The van der Waals surface area contributed by atoms with E-state index in [2.05, 4.69) is 25.1 Å². The Morgan fingerprint density at radius 2 is 1.81 bits per heavy atom. The number of likely N-dealkylation sites (tertiary alicyclic amines) is 1. The molecule has 1 aliphatic heterocycles. The van der Waals surface area contributed by atoms with E-state index in [4.69, 9.17) is 4.98 Å². The first-order valence-corrected chi connectivity index (χ1v) is 13.7. The lowest BCUT2D eigenvalue weighted by Crippen LogP contribution is -2.41. The van der Waals surface area contributed by atoms with Crippen LogP contribution >= 0.6 is 11.3 Å². The van der Waals surface area contributed by atoms with E-state index in [0.717, 1.165) is 34.5 Å². The summed E-state index contributed by atoms with van der Waals surface area (Å²) in [7, 11) is -3.03. The van der Waals surface area contributed by atoms with Crippen LogP contribution in [0.3, 0.4) is 0 Å². The molecule has 2 heterocycles. The van der Waals surface area contributed by atoms with E-state index in [-0.39, 0.29) is 22.8 Å². The number of aryl methyl sites for hydroxylation is 1.